The summed E-state index contributed by atoms with van der Waals surface area (Å²) >= 11 is 0. The van der Waals surface area contributed by atoms with Crippen molar-refractivity contribution in [2.24, 2.45) is 0 Å². The van der Waals surface area contributed by atoms with Crippen LogP contribution in [0.2, 0.25) is 0 Å². The van der Waals surface area contributed by atoms with E-state index in [1.54, 1.807) is 0 Å². The molecule has 2 N–H and O–H groups in total. The predicted octanol–water partition coefficient (Wildman–Crippen LogP) is -2.13. The molecule has 0 aliphatic carbocycles. The van der Waals surface area contributed by atoms with Gasteiger partial charge in [-0.1, -0.05) is 7.26 Å². The van der Waals surface area contributed by atoms with E-state index in [0.29, 0.717) is 0 Å². The van der Waals surface area contributed by atoms with Crippen molar-refractivity contribution in [1.82, 2.24) is 0 Å². The van der Waals surface area contributed by atoms with Gasteiger partial charge in [0.05, 0.1) is 0 Å². The third-order valence-corrected chi connectivity index (χ3v) is 3.05. The maximum Gasteiger partial charge on any atom is 0.432 e. The molecule has 0 fully saturated rings. The van der Waals surface area contributed by atoms with Crippen LogP contribution in [-0.4, -0.2) is 34.4 Å². The Balaban J connectivity index is -0.000000720. The van der Waals surface area contributed by atoms with Crippen LogP contribution >= 0.6 is 0 Å². The zero-order valence-corrected chi connectivity index (χ0v) is 11.2. The molecular formula is H2Cr2O10S3. The Labute approximate surface area is 107 Å². The molecule has 0 radical (unpaired) electrons. The molecule has 0 atom stereocenters. The van der Waals surface area contributed by atoms with E-state index in [4.69, 9.17) is 9.11 Å². The van der Waals surface area contributed by atoms with Gasteiger partial charge in [0.15, 0.2) is 0 Å². The molecule has 0 aromatic carbocycles. The second kappa shape index (κ2) is 6.48. The molecule has 10 nitrogen and oxygen atoms in total. The molecule has 0 amide bonds. The van der Waals surface area contributed by atoms with Crippen molar-refractivity contribution in [3.05, 3.63) is 0 Å². The van der Waals surface area contributed by atoms with Gasteiger partial charge in [-0.2, -0.15) is 25.3 Å². The van der Waals surface area contributed by atoms with Gasteiger partial charge in [-0.25, -0.2) is 0 Å². The SMILES string of the molecule is O=S(=O)(O)OS(=O)(=O)OS(=O)(=O)O.[Cr].[Cr]. The van der Waals surface area contributed by atoms with Crippen molar-refractivity contribution in [1.29, 1.82) is 0 Å². The van der Waals surface area contributed by atoms with Crippen LogP contribution in [0.1, 0.15) is 0 Å². The Morgan fingerprint density at radius 3 is 1.00 bits per heavy atom. The zero-order valence-electron chi connectivity index (χ0n) is 6.20. The average Bonchev–Trinajstić information content (AvgIpc) is 1.43. The molecule has 0 aliphatic rings. The zero-order chi connectivity index (χ0) is 10.9. The van der Waals surface area contributed by atoms with E-state index in [-0.39, 0.29) is 34.7 Å². The third-order valence-electron chi connectivity index (χ3n) is 0.339. The smallest absolute Gasteiger partial charge is 0.263 e. The first-order valence-corrected chi connectivity index (χ1v) is 6.10. The normalized spacial score (nSPS) is 12.4. The Morgan fingerprint density at radius 2 is 0.867 bits per heavy atom. The summed E-state index contributed by atoms with van der Waals surface area (Å²) in [4.78, 5) is 0. The molecule has 15 heavy (non-hydrogen) atoms. The van der Waals surface area contributed by atoms with E-state index in [0.717, 1.165) is 0 Å². The van der Waals surface area contributed by atoms with Crippen molar-refractivity contribution in [3.8, 4) is 0 Å². The molecule has 0 aromatic rings. The third kappa shape index (κ3) is 14.8. The summed E-state index contributed by atoms with van der Waals surface area (Å²) in [6.45, 7) is 0. The summed E-state index contributed by atoms with van der Waals surface area (Å²) in [6, 6.07) is 0. The number of rotatable bonds is 4. The van der Waals surface area contributed by atoms with Crippen LogP contribution < -0.4 is 0 Å². The standard InChI is InChI=1S/2Cr.H2O10S3/c;;1-11(2,3)9-13(7,8)10-12(4,5)6/h;;(H,1,2,3)(H,4,5,6). The van der Waals surface area contributed by atoms with E-state index < -0.39 is 31.2 Å². The van der Waals surface area contributed by atoms with E-state index in [9.17, 15) is 25.3 Å². The van der Waals surface area contributed by atoms with Crippen LogP contribution in [-0.2, 0) is 73.2 Å². The van der Waals surface area contributed by atoms with Gasteiger partial charge in [-0.05, 0) is 0 Å². The molecule has 0 unspecified atom stereocenters. The van der Waals surface area contributed by atoms with Gasteiger partial charge < -0.3 is 0 Å². The molecule has 0 saturated heterocycles. The number of hydrogen-bond acceptors (Lipinski definition) is 8. The fourth-order valence-electron chi connectivity index (χ4n) is 0.222. The van der Waals surface area contributed by atoms with Gasteiger partial charge in [-0.15, -0.1) is 0 Å². The van der Waals surface area contributed by atoms with E-state index in [2.05, 4.69) is 7.26 Å². The first-order chi connectivity index (χ1) is 5.41. The summed E-state index contributed by atoms with van der Waals surface area (Å²) in [5, 5.41) is 0. The van der Waals surface area contributed by atoms with E-state index in [1.165, 1.54) is 0 Å². The Kier molecular flexibility index (Phi) is 9.11. The quantitative estimate of drug-likeness (QED) is 0.528. The van der Waals surface area contributed by atoms with Gasteiger partial charge in [0.1, 0.15) is 0 Å². The van der Waals surface area contributed by atoms with Crippen LogP contribution in [0.25, 0.3) is 0 Å². The molecule has 0 rings (SSSR count). The van der Waals surface area contributed by atoms with Crippen molar-refractivity contribution < 1.29 is 76.3 Å². The van der Waals surface area contributed by atoms with Gasteiger partial charge in [-0.3, -0.25) is 9.11 Å². The summed E-state index contributed by atoms with van der Waals surface area (Å²) in [5.41, 5.74) is 0. The molecule has 0 aliphatic heterocycles. The topological polar surface area (TPSA) is 161 Å². The Morgan fingerprint density at radius 1 is 0.667 bits per heavy atom. The maximum atomic E-state index is 10.1. The van der Waals surface area contributed by atoms with Crippen LogP contribution in [0.15, 0.2) is 0 Å². The van der Waals surface area contributed by atoms with Crippen molar-refractivity contribution in [2.75, 3.05) is 0 Å². The minimum absolute atomic E-state index is 0. The monoisotopic (exact) mass is 362 g/mol. The molecule has 0 aromatic heterocycles. The van der Waals surface area contributed by atoms with Crippen LogP contribution in [0.5, 0.6) is 0 Å². The molecule has 92 valence electrons. The molecule has 0 heterocycles. The van der Waals surface area contributed by atoms with Gasteiger partial charge in [0, 0.05) is 34.7 Å². The maximum absolute atomic E-state index is 10.1. The van der Waals surface area contributed by atoms with Crippen LogP contribution in [0.4, 0.5) is 0 Å². The molecule has 0 bridgehead atoms. The summed E-state index contributed by atoms with van der Waals surface area (Å²) < 4.78 is 80.2. The van der Waals surface area contributed by atoms with Gasteiger partial charge in [0.25, 0.3) is 0 Å². The fourth-order valence-corrected chi connectivity index (χ4v) is 2.20. The molecule has 0 spiro atoms. The first-order valence-electron chi connectivity index (χ1n) is 2.03. The Hall–Kier alpha value is 0.755. The fraction of sp³-hybridized carbons (Fsp3) is 0. The first kappa shape index (κ1) is 21.1. The van der Waals surface area contributed by atoms with E-state index in [1.807, 2.05) is 0 Å². The summed E-state index contributed by atoms with van der Waals surface area (Å²) in [6.07, 6.45) is 0. The largest absolute Gasteiger partial charge is 0.432 e. The van der Waals surface area contributed by atoms with Gasteiger partial charge >= 0.3 is 31.2 Å². The van der Waals surface area contributed by atoms with Crippen molar-refractivity contribution >= 4 is 31.2 Å². The Bertz CT molecular complexity index is 423. The van der Waals surface area contributed by atoms with Gasteiger partial charge in [0.2, 0.25) is 0 Å². The van der Waals surface area contributed by atoms with Crippen molar-refractivity contribution in [3.63, 3.8) is 0 Å². The van der Waals surface area contributed by atoms with Crippen LogP contribution in [0.3, 0.4) is 0 Å². The second-order valence-electron chi connectivity index (χ2n) is 1.40. The number of hydrogen-bond donors (Lipinski definition) is 2. The molecule has 0 saturated carbocycles. The van der Waals surface area contributed by atoms with E-state index >= 15 is 0 Å². The summed E-state index contributed by atoms with van der Waals surface area (Å²) in [5.74, 6) is 0. The molecule has 15 heteroatoms. The van der Waals surface area contributed by atoms with Crippen molar-refractivity contribution in [2.45, 2.75) is 0 Å². The second-order valence-corrected chi connectivity index (χ2v) is 5.02. The minimum Gasteiger partial charge on any atom is -0.263 e. The van der Waals surface area contributed by atoms with Crippen LogP contribution in [0, 0.1) is 0 Å². The minimum atomic E-state index is -5.57. The molecular weight excluding hydrogens is 360 g/mol. The predicted molar refractivity (Wildman–Crippen MR) is 34.2 cm³/mol. The average molecular weight is 362 g/mol. The summed E-state index contributed by atoms with van der Waals surface area (Å²) in [7, 11) is -16.5.